The van der Waals surface area contributed by atoms with E-state index in [0.29, 0.717) is 23.6 Å². The maximum Gasteiger partial charge on any atom is 0.278 e. The van der Waals surface area contributed by atoms with E-state index in [4.69, 9.17) is 9.26 Å². The van der Waals surface area contributed by atoms with Crippen molar-refractivity contribution in [3.05, 3.63) is 59.5 Å². The van der Waals surface area contributed by atoms with Crippen LogP contribution in [0.2, 0.25) is 0 Å². The van der Waals surface area contributed by atoms with E-state index >= 15 is 0 Å². The Hall–Kier alpha value is -3.15. The van der Waals surface area contributed by atoms with Gasteiger partial charge in [0.05, 0.1) is 19.0 Å². The summed E-state index contributed by atoms with van der Waals surface area (Å²) in [6, 6.07) is 9.36. The Morgan fingerprint density at radius 2 is 2.21 bits per heavy atom. The number of amides is 1. The molecule has 1 aliphatic carbocycles. The molecule has 0 spiro atoms. The van der Waals surface area contributed by atoms with Crippen molar-refractivity contribution in [1.82, 2.24) is 10.1 Å². The van der Waals surface area contributed by atoms with Crippen LogP contribution in [0.1, 0.15) is 21.6 Å². The Bertz CT molecular complexity index is 903. The third kappa shape index (κ3) is 2.42. The molecular formula is C18H15N3O3. The van der Waals surface area contributed by atoms with Crippen molar-refractivity contribution in [1.29, 1.82) is 0 Å². The smallest absolute Gasteiger partial charge is 0.278 e. The molecule has 6 nitrogen and oxygen atoms in total. The van der Waals surface area contributed by atoms with Crippen molar-refractivity contribution in [2.75, 3.05) is 12.4 Å². The predicted octanol–water partition coefficient (Wildman–Crippen LogP) is 3.10. The zero-order chi connectivity index (χ0) is 16.5. The van der Waals surface area contributed by atoms with Gasteiger partial charge in [0, 0.05) is 17.3 Å². The van der Waals surface area contributed by atoms with Crippen molar-refractivity contribution >= 4 is 11.6 Å². The Labute approximate surface area is 138 Å². The number of ether oxygens (including phenoxy) is 1. The molecule has 0 saturated carbocycles. The van der Waals surface area contributed by atoms with Crippen LogP contribution in [0.3, 0.4) is 0 Å². The summed E-state index contributed by atoms with van der Waals surface area (Å²) in [5.74, 6) is 1.19. The van der Waals surface area contributed by atoms with Crippen molar-refractivity contribution in [3.8, 4) is 17.1 Å². The highest BCUT2D eigenvalue weighted by molar-refractivity contribution is 6.04. The molecule has 3 aromatic rings. The molecule has 24 heavy (non-hydrogen) atoms. The summed E-state index contributed by atoms with van der Waals surface area (Å²) in [5, 5.41) is 6.79. The number of pyridine rings is 1. The number of carbonyl (C=O) groups excluding carboxylic acids is 1. The van der Waals surface area contributed by atoms with Crippen LogP contribution in [0.5, 0.6) is 5.75 Å². The lowest BCUT2D eigenvalue weighted by Crippen LogP contribution is -2.15. The summed E-state index contributed by atoms with van der Waals surface area (Å²) in [4.78, 5) is 16.5. The predicted molar refractivity (Wildman–Crippen MR) is 88.1 cm³/mol. The summed E-state index contributed by atoms with van der Waals surface area (Å²) in [6.45, 7) is 0. The number of rotatable bonds is 3. The fourth-order valence-corrected chi connectivity index (χ4v) is 2.94. The molecule has 0 unspecified atom stereocenters. The number of hydrogen-bond acceptors (Lipinski definition) is 5. The minimum atomic E-state index is -0.287. The molecule has 0 bridgehead atoms. The van der Waals surface area contributed by atoms with Gasteiger partial charge in [-0.15, -0.1) is 0 Å². The van der Waals surface area contributed by atoms with Crippen molar-refractivity contribution < 1.29 is 14.1 Å². The minimum Gasteiger partial charge on any atom is -0.497 e. The number of aromatic nitrogens is 2. The van der Waals surface area contributed by atoms with Gasteiger partial charge in [0.2, 0.25) is 0 Å². The van der Waals surface area contributed by atoms with E-state index in [9.17, 15) is 4.79 Å². The standard InChI is InChI=1S/C18H15N3O3/c1-23-13-5-7-14-11(9-13)4-6-15-16(21-24-17(14)15)18(22)20-12-3-2-8-19-10-12/h2-3,5,7-10H,4,6H2,1H3,(H,20,22). The van der Waals surface area contributed by atoms with E-state index < -0.39 is 0 Å². The number of nitrogens with one attached hydrogen (secondary N) is 1. The van der Waals surface area contributed by atoms with E-state index in [1.54, 1.807) is 31.6 Å². The van der Waals surface area contributed by atoms with Gasteiger partial charge in [-0.25, -0.2) is 0 Å². The Kier molecular flexibility index (Phi) is 3.49. The second-order valence-corrected chi connectivity index (χ2v) is 5.56. The molecule has 120 valence electrons. The van der Waals surface area contributed by atoms with Crippen LogP contribution in [-0.4, -0.2) is 23.2 Å². The summed E-state index contributed by atoms with van der Waals surface area (Å²) in [5.41, 5.74) is 3.90. The number of aryl methyl sites for hydroxylation is 1. The van der Waals surface area contributed by atoms with Gasteiger partial charge in [-0.2, -0.15) is 0 Å². The first kappa shape index (κ1) is 14.4. The van der Waals surface area contributed by atoms with Crippen LogP contribution in [0, 0.1) is 0 Å². The van der Waals surface area contributed by atoms with Crippen LogP contribution in [0.25, 0.3) is 11.3 Å². The number of anilines is 1. The topological polar surface area (TPSA) is 77.2 Å². The molecule has 1 N–H and O–H groups in total. The molecule has 1 amide bonds. The summed E-state index contributed by atoms with van der Waals surface area (Å²) in [7, 11) is 1.64. The normalized spacial score (nSPS) is 12.2. The van der Waals surface area contributed by atoms with Gasteiger partial charge >= 0.3 is 0 Å². The monoisotopic (exact) mass is 321 g/mol. The second kappa shape index (κ2) is 5.81. The molecule has 2 heterocycles. The van der Waals surface area contributed by atoms with E-state index in [1.165, 1.54) is 0 Å². The molecule has 4 rings (SSSR count). The maximum atomic E-state index is 12.5. The zero-order valence-corrected chi connectivity index (χ0v) is 13.1. The van der Waals surface area contributed by atoms with Gasteiger partial charge in [-0.3, -0.25) is 9.78 Å². The first-order chi connectivity index (χ1) is 11.8. The van der Waals surface area contributed by atoms with Crippen molar-refractivity contribution in [2.24, 2.45) is 0 Å². The lowest BCUT2D eigenvalue weighted by molar-refractivity contribution is 0.101. The van der Waals surface area contributed by atoms with Crippen LogP contribution >= 0.6 is 0 Å². The molecule has 1 aromatic carbocycles. The molecular weight excluding hydrogens is 306 g/mol. The second-order valence-electron chi connectivity index (χ2n) is 5.56. The maximum absolute atomic E-state index is 12.5. The lowest BCUT2D eigenvalue weighted by Gasteiger charge is -2.15. The van der Waals surface area contributed by atoms with Gasteiger partial charge in [0.1, 0.15) is 5.75 Å². The third-order valence-corrected chi connectivity index (χ3v) is 4.12. The lowest BCUT2D eigenvalue weighted by atomic mass is 9.89. The van der Waals surface area contributed by atoms with Crippen molar-refractivity contribution in [3.63, 3.8) is 0 Å². The molecule has 0 radical (unpaired) electrons. The van der Waals surface area contributed by atoms with E-state index in [2.05, 4.69) is 15.5 Å². The number of fused-ring (bicyclic) bond motifs is 3. The van der Waals surface area contributed by atoms with Gasteiger partial charge in [0.15, 0.2) is 11.5 Å². The van der Waals surface area contributed by atoms with Crippen LogP contribution in [-0.2, 0) is 12.8 Å². The van der Waals surface area contributed by atoms with Gasteiger partial charge in [-0.05, 0) is 48.7 Å². The highest BCUT2D eigenvalue weighted by Gasteiger charge is 2.27. The van der Waals surface area contributed by atoms with Gasteiger partial charge in [0.25, 0.3) is 5.91 Å². The SMILES string of the molecule is COc1ccc2c(c1)CCc1c(C(=O)Nc3cccnc3)noc1-2. The number of hydrogen-bond donors (Lipinski definition) is 1. The van der Waals surface area contributed by atoms with E-state index in [1.807, 2.05) is 18.2 Å². The molecule has 0 aliphatic heterocycles. The fourth-order valence-electron chi connectivity index (χ4n) is 2.94. The molecule has 0 saturated heterocycles. The quantitative estimate of drug-likeness (QED) is 0.802. The molecule has 0 fully saturated rings. The van der Waals surface area contributed by atoms with E-state index in [0.717, 1.165) is 28.9 Å². The van der Waals surface area contributed by atoms with Crippen LogP contribution < -0.4 is 10.1 Å². The first-order valence-electron chi connectivity index (χ1n) is 7.63. The fraction of sp³-hybridized carbons (Fsp3) is 0.167. The average molecular weight is 321 g/mol. The first-order valence-corrected chi connectivity index (χ1v) is 7.63. The number of methoxy groups -OCH3 is 1. The average Bonchev–Trinajstić information content (AvgIpc) is 3.06. The Morgan fingerprint density at radius 1 is 1.29 bits per heavy atom. The van der Waals surface area contributed by atoms with Gasteiger partial charge < -0.3 is 14.6 Å². The number of nitrogens with zero attached hydrogens (tertiary/aromatic N) is 2. The van der Waals surface area contributed by atoms with Gasteiger partial charge in [-0.1, -0.05) is 5.16 Å². The Morgan fingerprint density at radius 3 is 3.00 bits per heavy atom. The molecule has 6 heteroatoms. The summed E-state index contributed by atoms with van der Waals surface area (Å²) >= 11 is 0. The minimum absolute atomic E-state index is 0.287. The summed E-state index contributed by atoms with van der Waals surface area (Å²) < 4.78 is 10.7. The van der Waals surface area contributed by atoms with Crippen molar-refractivity contribution in [2.45, 2.75) is 12.8 Å². The Balaban J connectivity index is 1.67. The highest BCUT2D eigenvalue weighted by atomic mass is 16.5. The van der Waals surface area contributed by atoms with Crippen LogP contribution in [0.15, 0.2) is 47.2 Å². The molecule has 0 atom stereocenters. The van der Waals surface area contributed by atoms with Crippen LogP contribution in [0.4, 0.5) is 5.69 Å². The number of benzene rings is 1. The highest BCUT2D eigenvalue weighted by Crippen LogP contribution is 2.37. The number of carbonyl (C=O) groups is 1. The molecule has 2 aromatic heterocycles. The zero-order valence-electron chi connectivity index (χ0n) is 13.1. The largest absolute Gasteiger partial charge is 0.497 e. The van der Waals surface area contributed by atoms with E-state index in [-0.39, 0.29) is 5.91 Å². The summed E-state index contributed by atoms with van der Waals surface area (Å²) in [6.07, 6.45) is 4.76. The third-order valence-electron chi connectivity index (χ3n) is 4.12. The molecule has 1 aliphatic rings.